The monoisotopic (exact) mass is 242 g/mol. The maximum absolute atomic E-state index is 9.76. The number of pyridine rings is 1. The Hall–Kier alpha value is -1.33. The smallest absolute Gasteiger partial charge is 0.134 e. The molecule has 0 amide bonds. The summed E-state index contributed by atoms with van der Waals surface area (Å²) in [6, 6.07) is 1.62. The zero-order valence-corrected chi connectivity index (χ0v) is 9.33. The molecule has 0 fully saturated rings. The summed E-state index contributed by atoms with van der Waals surface area (Å²) in [6.07, 6.45) is -0.861. The Morgan fingerprint density at radius 3 is 2.94 bits per heavy atom. The Labute approximate surface area is 97.1 Å². The summed E-state index contributed by atoms with van der Waals surface area (Å²) >= 11 is 5.78. The molecule has 0 aliphatic rings. The van der Waals surface area contributed by atoms with Gasteiger partial charge in [0.2, 0.25) is 0 Å². The average molecular weight is 243 g/mol. The van der Waals surface area contributed by atoms with E-state index < -0.39 is 12.2 Å². The molecule has 1 aromatic heterocycles. The lowest BCUT2D eigenvalue weighted by Crippen LogP contribution is -2.21. The quantitative estimate of drug-likeness (QED) is 0.364. The predicted octanol–water partition coefficient (Wildman–Crippen LogP) is 1.75. The van der Waals surface area contributed by atoms with Crippen LogP contribution in [0.3, 0.4) is 0 Å². The number of azide groups is 1. The molecule has 0 saturated carbocycles. The number of aliphatic hydroxyl groups is 2. The molecule has 86 valence electrons. The van der Waals surface area contributed by atoms with E-state index in [1.165, 1.54) is 0 Å². The van der Waals surface area contributed by atoms with Gasteiger partial charge in [0.25, 0.3) is 0 Å². The van der Waals surface area contributed by atoms with Gasteiger partial charge in [-0.15, -0.1) is 0 Å². The molecule has 2 atom stereocenters. The van der Waals surface area contributed by atoms with Gasteiger partial charge in [-0.3, -0.25) is 0 Å². The van der Waals surface area contributed by atoms with E-state index in [4.69, 9.17) is 17.1 Å². The molecule has 6 nitrogen and oxygen atoms in total. The second kappa shape index (κ2) is 5.67. The highest BCUT2D eigenvalue weighted by atomic mass is 35.5. The molecule has 2 unspecified atom stereocenters. The first-order valence-corrected chi connectivity index (χ1v) is 4.93. The van der Waals surface area contributed by atoms with Crippen molar-refractivity contribution in [3.63, 3.8) is 0 Å². The van der Waals surface area contributed by atoms with Gasteiger partial charge in [0, 0.05) is 16.7 Å². The van der Waals surface area contributed by atoms with Gasteiger partial charge in [0.1, 0.15) is 11.3 Å². The van der Waals surface area contributed by atoms with E-state index in [2.05, 4.69) is 15.0 Å². The van der Waals surface area contributed by atoms with Crippen LogP contribution in [0.5, 0.6) is 0 Å². The Kier molecular flexibility index (Phi) is 4.52. The number of rotatable bonds is 4. The van der Waals surface area contributed by atoms with Crippen LogP contribution < -0.4 is 0 Å². The fourth-order valence-corrected chi connectivity index (χ4v) is 1.42. The van der Waals surface area contributed by atoms with Gasteiger partial charge in [0.15, 0.2) is 0 Å². The first-order valence-electron chi connectivity index (χ1n) is 4.55. The number of hydrogen-bond acceptors (Lipinski definition) is 4. The minimum absolute atomic E-state index is 0.123. The summed E-state index contributed by atoms with van der Waals surface area (Å²) in [5.41, 5.74) is 9.23. The van der Waals surface area contributed by atoms with Crippen molar-refractivity contribution >= 4 is 11.6 Å². The molecule has 0 spiro atoms. The van der Waals surface area contributed by atoms with Crippen molar-refractivity contribution in [2.45, 2.75) is 19.1 Å². The van der Waals surface area contributed by atoms with Crippen molar-refractivity contribution in [2.75, 3.05) is 6.54 Å². The number of aryl methyl sites for hydroxylation is 1. The van der Waals surface area contributed by atoms with Gasteiger partial charge in [-0.25, -0.2) is 4.98 Å². The predicted molar refractivity (Wildman–Crippen MR) is 59.0 cm³/mol. The Bertz CT molecular complexity index is 420. The van der Waals surface area contributed by atoms with Crippen molar-refractivity contribution in [2.24, 2.45) is 5.11 Å². The maximum atomic E-state index is 9.76. The average Bonchev–Trinajstić information content (AvgIpc) is 2.28. The zero-order valence-electron chi connectivity index (χ0n) is 8.58. The summed E-state index contributed by atoms with van der Waals surface area (Å²) in [5.74, 6) is 0. The van der Waals surface area contributed by atoms with Crippen LogP contribution in [-0.2, 0) is 0 Å². The van der Waals surface area contributed by atoms with Crippen molar-refractivity contribution in [3.8, 4) is 0 Å². The normalized spacial score (nSPS) is 14.0. The van der Waals surface area contributed by atoms with Gasteiger partial charge in [-0.2, -0.15) is 0 Å². The highest BCUT2D eigenvalue weighted by Gasteiger charge is 2.20. The van der Waals surface area contributed by atoms with Gasteiger partial charge >= 0.3 is 0 Å². The highest BCUT2D eigenvalue weighted by Crippen LogP contribution is 2.24. The molecule has 0 bridgehead atoms. The molecule has 0 aliphatic carbocycles. The van der Waals surface area contributed by atoms with E-state index in [-0.39, 0.29) is 11.7 Å². The third-order valence-corrected chi connectivity index (χ3v) is 2.33. The first-order chi connectivity index (χ1) is 7.56. The molecule has 0 saturated heterocycles. The highest BCUT2D eigenvalue weighted by molar-refractivity contribution is 6.30. The van der Waals surface area contributed by atoms with Crippen LogP contribution in [0.25, 0.3) is 10.4 Å². The third kappa shape index (κ3) is 3.08. The number of hydrogen-bond donors (Lipinski definition) is 2. The third-order valence-electron chi connectivity index (χ3n) is 2.02. The molecular weight excluding hydrogens is 232 g/mol. The fourth-order valence-electron chi connectivity index (χ4n) is 1.21. The van der Waals surface area contributed by atoms with Crippen LogP contribution in [0.1, 0.15) is 17.2 Å². The minimum atomic E-state index is -1.22. The maximum Gasteiger partial charge on any atom is 0.134 e. The van der Waals surface area contributed by atoms with E-state index in [9.17, 15) is 10.2 Å². The standard InChI is InChI=1S/C9H11ClN4O2/c1-5-2-6(9(10)12-3-5)8(16)7(15)4-13-14-11/h2-3,7-8,15-16H,4H2,1H3. The zero-order chi connectivity index (χ0) is 12.1. The lowest BCUT2D eigenvalue weighted by atomic mass is 10.1. The van der Waals surface area contributed by atoms with E-state index >= 15 is 0 Å². The van der Waals surface area contributed by atoms with E-state index in [0.29, 0.717) is 5.56 Å². The first kappa shape index (κ1) is 12.7. The summed E-state index contributed by atoms with van der Waals surface area (Å²) in [6.45, 7) is 1.57. The molecule has 1 aromatic rings. The van der Waals surface area contributed by atoms with Crippen LogP contribution in [0.2, 0.25) is 5.15 Å². The molecule has 0 radical (unpaired) electrons. The summed E-state index contributed by atoms with van der Waals surface area (Å²) in [7, 11) is 0. The molecule has 0 aliphatic heterocycles. The van der Waals surface area contributed by atoms with Gasteiger partial charge in [-0.05, 0) is 24.1 Å². The van der Waals surface area contributed by atoms with Gasteiger partial charge in [0.05, 0.1) is 12.6 Å². The molecule has 1 rings (SSSR count). The summed E-state index contributed by atoms with van der Waals surface area (Å²) in [5, 5.41) is 22.6. The second-order valence-corrected chi connectivity index (χ2v) is 3.68. The van der Waals surface area contributed by atoms with Crippen molar-refractivity contribution < 1.29 is 10.2 Å². The van der Waals surface area contributed by atoms with Crippen LogP contribution in [0.15, 0.2) is 17.4 Å². The summed E-state index contributed by atoms with van der Waals surface area (Å²) in [4.78, 5) is 6.35. The van der Waals surface area contributed by atoms with Gasteiger partial charge in [-0.1, -0.05) is 16.7 Å². The topological polar surface area (TPSA) is 102 Å². The van der Waals surface area contributed by atoms with Crippen molar-refractivity contribution in [1.29, 1.82) is 0 Å². The van der Waals surface area contributed by atoms with Crippen LogP contribution in [-0.4, -0.2) is 27.8 Å². The van der Waals surface area contributed by atoms with E-state index in [0.717, 1.165) is 5.56 Å². The van der Waals surface area contributed by atoms with Crippen LogP contribution >= 0.6 is 11.6 Å². The number of nitrogens with zero attached hydrogens (tertiary/aromatic N) is 4. The van der Waals surface area contributed by atoms with Crippen molar-refractivity contribution in [3.05, 3.63) is 39.0 Å². The molecule has 0 aromatic carbocycles. The Balaban J connectivity index is 2.90. The summed E-state index contributed by atoms with van der Waals surface area (Å²) < 4.78 is 0. The SMILES string of the molecule is Cc1cnc(Cl)c(C(O)C(O)CN=[N+]=[N-])c1. The Morgan fingerprint density at radius 1 is 1.62 bits per heavy atom. The fraction of sp³-hybridized carbons (Fsp3) is 0.444. The molecule has 16 heavy (non-hydrogen) atoms. The lowest BCUT2D eigenvalue weighted by Gasteiger charge is -2.17. The second-order valence-electron chi connectivity index (χ2n) is 3.32. The van der Waals surface area contributed by atoms with E-state index in [1.807, 2.05) is 0 Å². The molecular formula is C9H11ClN4O2. The van der Waals surface area contributed by atoms with Crippen LogP contribution in [0, 0.1) is 6.92 Å². The number of aromatic nitrogens is 1. The largest absolute Gasteiger partial charge is 0.390 e. The molecule has 7 heteroatoms. The number of halogens is 1. The Morgan fingerprint density at radius 2 is 2.31 bits per heavy atom. The van der Waals surface area contributed by atoms with Crippen molar-refractivity contribution in [1.82, 2.24) is 4.98 Å². The molecule has 2 N–H and O–H groups in total. The lowest BCUT2D eigenvalue weighted by molar-refractivity contribution is 0.0242. The van der Waals surface area contributed by atoms with E-state index in [1.54, 1.807) is 19.2 Å². The van der Waals surface area contributed by atoms with Crippen LogP contribution in [0.4, 0.5) is 0 Å². The molecule has 1 heterocycles. The minimum Gasteiger partial charge on any atom is -0.390 e. The number of aliphatic hydroxyl groups excluding tert-OH is 2. The van der Waals surface area contributed by atoms with Gasteiger partial charge < -0.3 is 10.2 Å².